The molecule has 0 spiro atoms. The van der Waals surface area contributed by atoms with Gasteiger partial charge in [0.25, 0.3) is 0 Å². The van der Waals surface area contributed by atoms with Gasteiger partial charge >= 0.3 is 5.97 Å². The first kappa shape index (κ1) is 19.8. The highest BCUT2D eigenvalue weighted by Crippen LogP contribution is 2.30. The number of anilines is 1. The Kier molecular flexibility index (Phi) is 6.03. The fraction of sp³-hybridized carbons (Fsp3) is 0.211. The molecule has 0 saturated heterocycles. The lowest BCUT2D eigenvalue weighted by molar-refractivity contribution is -0.117. The maximum absolute atomic E-state index is 12.2. The molecule has 3 rings (SSSR count). The Bertz CT molecular complexity index is 1020. The number of nitrogens with one attached hydrogen (secondary N) is 1. The quantitative estimate of drug-likeness (QED) is 0.600. The molecule has 10 heteroatoms. The monoisotopic (exact) mass is 397 g/mol. The first-order valence-electron chi connectivity index (χ1n) is 8.52. The Balaban J connectivity index is 1.65. The summed E-state index contributed by atoms with van der Waals surface area (Å²) in [6.07, 6.45) is 0. The summed E-state index contributed by atoms with van der Waals surface area (Å²) < 4.78 is 15.1. The summed E-state index contributed by atoms with van der Waals surface area (Å²) in [4.78, 5) is 24.8. The van der Waals surface area contributed by atoms with E-state index in [2.05, 4.69) is 25.5 Å². The van der Waals surface area contributed by atoms with Crippen LogP contribution in [0.4, 0.5) is 5.69 Å². The third-order valence-electron chi connectivity index (χ3n) is 3.97. The maximum Gasteiger partial charge on any atom is 0.337 e. The molecular weight excluding hydrogens is 378 g/mol. The molecular formula is C19H19N5O5. The summed E-state index contributed by atoms with van der Waals surface area (Å²) in [5, 5.41) is 14.8. The van der Waals surface area contributed by atoms with Crippen molar-refractivity contribution in [3.05, 3.63) is 48.0 Å². The Labute approximate surface area is 166 Å². The van der Waals surface area contributed by atoms with Crippen LogP contribution in [-0.2, 0) is 16.1 Å². The van der Waals surface area contributed by atoms with Crippen molar-refractivity contribution in [2.24, 2.45) is 0 Å². The van der Waals surface area contributed by atoms with Crippen molar-refractivity contribution in [1.29, 1.82) is 0 Å². The molecule has 0 radical (unpaired) electrons. The smallest absolute Gasteiger partial charge is 0.337 e. The van der Waals surface area contributed by atoms with Gasteiger partial charge in [0.2, 0.25) is 11.7 Å². The Morgan fingerprint density at radius 2 is 1.72 bits per heavy atom. The van der Waals surface area contributed by atoms with E-state index in [0.717, 1.165) is 0 Å². The molecule has 0 atom stereocenters. The number of esters is 1. The predicted molar refractivity (Wildman–Crippen MR) is 103 cm³/mol. The van der Waals surface area contributed by atoms with Crippen LogP contribution in [0.25, 0.3) is 11.4 Å². The molecule has 2 aromatic carbocycles. The van der Waals surface area contributed by atoms with Gasteiger partial charge in [-0.05, 0) is 47.7 Å². The van der Waals surface area contributed by atoms with E-state index in [1.54, 1.807) is 49.6 Å². The lowest BCUT2D eigenvalue weighted by Crippen LogP contribution is -2.20. The molecule has 150 valence electrons. The average molecular weight is 397 g/mol. The van der Waals surface area contributed by atoms with Crippen LogP contribution in [0, 0.1) is 0 Å². The minimum atomic E-state index is -0.447. The van der Waals surface area contributed by atoms with Gasteiger partial charge < -0.3 is 19.5 Å². The highest BCUT2D eigenvalue weighted by atomic mass is 16.5. The molecule has 0 aliphatic carbocycles. The third-order valence-corrected chi connectivity index (χ3v) is 3.97. The van der Waals surface area contributed by atoms with Crippen molar-refractivity contribution in [3.63, 3.8) is 0 Å². The van der Waals surface area contributed by atoms with Crippen LogP contribution in [-0.4, -0.2) is 53.4 Å². The van der Waals surface area contributed by atoms with Gasteiger partial charge in [-0.3, -0.25) is 4.79 Å². The lowest BCUT2D eigenvalue weighted by atomic mass is 10.2. The molecule has 1 aromatic heterocycles. The summed E-state index contributed by atoms with van der Waals surface area (Å²) in [5.74, 6) is 0.682. The fourth-order valence-corrected chi connectivity index (χ4v) is 2.54. The van der Waals surface area contributed by atoms with Crippen LogP contribution in [0.5, 0.6) is 11.5 Å². The zero-order valence-corrected chi connectivity index (χ0v) is 16.1. The molecule has 3 aromatic rings. The Morgan fingerprint density at radius 1 is 1.00 bits per heavy atom. The van der Waals surface area contributed by atoms with E-state index < -0.39 is 5.97 Å². The normalized spacial score (nSPS) is 10.3. The highest BCUT2D eigenvalue weighted by Gasteiger charge is 2.13. The summed E-state index contributed by atoms with van der Waals surface area (Å²) in [5.41, 5.74) is 1.60. The number of ether oxygens (including phenoxy) is 3. The molecule has 29 heavy (non-hydrogen) atoms. The number of hydrogen-bond donors (Lipinski definition) is 1. The molecule has 0 bridgehead atoms. The van der Waals surface area contributed by atoms with Crippen LogP contribution in [0.3, 0.4) is 0 Å². The number of amides is 1. The summed E-state index contributed by atoms with van der Waals surface area (Å²) >= 11 is 0. The van der Waals surface area contributed by atoms with Gasteiger partial charge in [0.15, 0.2) is 11.5 Å². The second kappa shape index (κ2) is 8.83. The Hall–Kier alpha value is -3.95. The van der Waals surface area contributed by atoms with Gasteiger partial charge in [0.05, 0.1) is 26.9 Å². The van der Waals surface area contributed by atoms with Crippen LogP contribution >= 0.6 is 0 Å². The van der Waals surface area contributed by atoms with Crippen molar-refractivity contribution in [2.75, 3.05) is 26.6 Å². The molecule has 0 aliphatic rings. The molecule has 0 unspecified atom stereocenters. The minimum absolute atomic E-state index is 0.126. The molecule has 1 heterocycles. The summed E-state index contributed by atoms with van der Waals surface area (Å²) in [6.45, 7) is -0.126. The second-order valence-electron chi connectivity index (χ2n) is 5.83. The molecule has 1 amide bonds. The third kappa shape index (κ3) is 4.67. The number of benzene rings is 2. The van der Waals surface area contributed by atoms with Gasteiger partial charge in [-0.25, -0.2) is 4.79 Å². The number of aromatic nitrogens is 4. The summed E-state index contributed by atoms with van der Waals surface area (Å²) in [7, 11) is 4.39. The second-order valence-corrected chi connectivity index (χ2v) is 5.83. The first-order valence-corrected chi connectivity index (χ1v) is 8.52. The number of tetrazole rings is 1. The molecule has 10 nitrogen and oxygen atoms in total. The Morgan fingerprint density at radius 3 is 2.38 bits per heavy atom. The van der Waals surface area contributed by atoms with E-state index in [0.29, 0.717) is 34.1 Å². The number of hydrogen-bond acceptors (Lipinski definition) is 8. The van der Waals surface area contributed by atoms with Crippen molar-refractivity contribution in [2.45, 2.75) is 6.54 Å². The van der Waals surface area contributed by atoms with E-state index >= 15 is 0 Å². The van der Waals surface area contributed by atoms with E-state index in [-0.39, 0.29) is 12.5 Å². The number of nitrogens with zero attached hydrogens (tertiary/aromatic N) is 4. The van der Waals surface area contributed by atoms with Crippen LogP contribution in [0.15, 0.2) is 42.5 Å². The topological polar surface area (TPSA) is 117 Å². The zero-order chi connectivity index (χ0) is 20.8. The van der Waals surface area contributed by atoms with E-state index in [1.807, 2.05) is 0 Å². The van der Waals surface area contributed by atoms with Gasteiger partial charge in [0, 0.05) is 11.3 Å². The largest absolute Gasteiger partial charge is 0.493 e. The number of carbonyl (C=O) groups excluding carboxylic acids is 2. The highest BCUT2D eigenvalue weighted by molar-refractivity contribution is 5.92. The molecule has 0 saturated carbocycles. The zero-order valence-electron chi connectivity index (χ0n) is 16.1. The number of rotatable bonds is 7. The van der Waals surface area contributed by atoms with E-state index in [1.165, 1.54) is 19.0 Å². The number of methoxy groups -OCH3 is 3. The van der Waals surface area contributed by atoms with Gasteiger partial charge in [0.1, 0.15) is 6.54 Å². The maximum atomic E-state index is 12.2. The molecule has 0 fully saturated rings. The first-order chi connectivity index (χ1) is 14.0. The molecule has 1 N–H and O–H groups in total. The van der Waals surface area contributed by atoms with E-state index in [9.17, 15) is 9.59 Å². The fourth-order valence-electron chi connectivity index (χ4n) is 2.54. The predicted octanol–water partition coefficient (Wildman–Crippen LogP) is 1.78. The summed E-state index contributed by atoms with van der Waals surface area (Å²) in [6, 6.07) is 11.6. The van der Waals surface area contributed by atoms with Crippen LogP contribution in [0.1, 0.15) is 10.4 Å². The van der Waals surface area contributed by atoms with Crippen molar-refractivity contribution in [1.82, 2.24) is 20.2 Å². The van der Waals surface area contributed by atoms with E-state index in [4.69, 9.17) is 9.47 Å². The van der Waals surface area contributed by atoms with Crippen molar-refractivity contribution in [3.8, 4) is 22.9 Å². The van der Waals surface area contributed by atoms with Gasteiger partial charge in [-0.1, -0.05) is 0 Å². The average Bonchev–Trinajstić information content (AvgIpc) is 3.21. The van der Waals surface area contributed by atoms with Gasteiger partial charge in [-0.15, -0.1) is 10.2 Å². The SMILES string of the molecule is COC(=O)c1ccc(NC(=O)Cn2nnc(-c3ccc(OC)c(OC)c3)n2)cc1. The number of carbonyl (C=O) groups is 2. The van der Waals surface area contributed by atoms with Crippen molar-refractivity contribution >= 4 is 17.6 Å². The van der Waals surface area contributed by atoms with Gasteiger partial charge in [-0.2, -0.15) is 4.80 Å². The van der Waals surface area contributed by atoms with Crippen molar-refractivity contribution < 1.29 is 23.8 Å². The minimum Gasteiger partial charge on any atom is -0.493 e. The molecule has 0 aliphatic heterocycles. The van der Waals surface area contributed by atoms with Crippen LogP contribution in [0.2, 0.25) is 0 Å². The van der Waals surface area contributed by atoms with Crippen LogP contribution < -0.4 is 14.8 Å². The lowest BCUT2D eigenvalue weighted by Gasteiger charge is -2.07. The standard InChI is InChI=1S/C19H19N5O5/c1-27-15-9-6-13(10-16(15)28-2)18-21-23-24(22-18)11-17(25)20-14-7-4-12(5-8-14)19(26)29-3/h4-10H,11H2,1-3H3,(H,20,25).